The van der Waals surface area contributed by atoms with Crippen LogP contribution in [0.25, 0.3) is 10.8 Å². The lowest BCUT2D eigenvalue weighted by Gasteiger charge is -2.16. The van der Waals surface area contributed by atoms with Crippen LogP contribution in [0.15, 0.2) is 54.9 Å². The standard InChI is InChI=1S/C21H20FN3O2/c22-20-5-4-15(11-21(20)25(26)27)13-24-9-7-16(14-24)10-17-2-1-3-18-12-23-8-6-19(17)18/h1-6,8,11-12,16H,7,9-10,13-14H2. The number of nitro groups is 1. The molecule has 1 aliphatic rings. The van der Waals surface area contributed by atoms with Gasteiger partial charge in [-0.1, -0.05) is 24.3 Å². The number of hydrogen-bond donors (Lipinski definition) is 0. The third-order valence-electron chi connectivity index (χ3n) is 5.26. The van der Waals surface area contributed by atoms with Gasteiger partial charge in [0.1, 0.15) is 0 Å². The fourth-order valence-corrected chi connectivity index (χ4v) is 3.96. The molecule has 1 saturated heterocycles. The molecule has 0 bridgehead atoms. The summed E-state index contributed by atoms with van der Waals surface area (Å²) in [5.41, 5.74) is 1.66. The number of rotatable bonds is 5. The Morgan fingerprint density at radius 2 is 2.15 bits per heavy atom. The van der Waals surface area contributed by atoms with Crippen molar-refractivity contribution in [2.75, 3.05) is 13.1 Å². The summed E-state index contributed by atoms with van der Waals surface area (Å²) in [6.07, 6.45) is 5.81. The van der Waals surface area contributed by atoms with Crippen LogP contribution in [-0.4, -0.2) is 27.9 Å². The van der Waals surface area contributed by atoms with Crippen molar-refractivity contribution in [3.05, 3.63) is 81.9 Å². The zero-order chi connectivity index (χ0) is 18.8. The van der Waals surface area contributed by atoms with Crippen LogP contribution in [0.1, 0.15) is 17.5 Å². The largest absolute Gasteiger partial charge is 0.305 e. The fraction of sp³-hybridized carbons (Fsp3) is 0.286. The molecule has 0 aliphatic carbocycles. The average molecular weight is 365 g/mol. The minimum atomic E-state index is -0.784. The van der Waals surface area contributed by atoms with Crippen LogP contribution in [0.5, 0.6) is 0 Å². The van der Waals surface area contributed by atoms with Gasteiger partial charge in [-0.15, -0.1) is 0 Å². The Morgan fingerprint density at radius 1 is 1.26 bits per heavy atom. The number of likely N-dealkylation sites (tertiary alicyclic amines) is 1. The van der Waals surface area contributed by atoms with Gasteiger partial charge in [-0.05, 0) is 54.0 Å². The first-order valence-electron chi connectivity index (χ1n) is 9.07. The SMILES string of the molecule is O=[N+]([O-])c1cc(CN2CCC(Cc3cccc4cnccc34)C2)ccc1F. The molecule has 0 saturated carbocycles. The molecule has 1 aromatic heterocycles. The lowest BCUT2D eigenvalue weighted by atomic mass is 9.95. The summed E-state index contributed by atoms with van der Waals surface area (Å²) < 4.78 is 13.5. The molecule has 1 aliphatic heterocycles. The number of nitro benzene ring substituents is 1. The van der Waals surface area contributed by atoms with Gasteiger partial charge in [-0.25, -0.2) is 0 Å². The van der Waals surface area contributed by atoms with Crippen LogP contribution < -0.4 is 0 Å². The minimum Gasteiger partial charge on any atom is -0.299 e. The van der Waals surface area contributed by atoms with Gasteiger partial charge < -0.3 is 0 Å². The predicted molar refractivity (Wildman–Crippen MR) is 102 cm³/mol. The van der Waals surface area contributed by atoms with E-state index in [2.05, 4.69) is 34.1 Å². The molecule has 0 radical (unpaired) electrons. The normalized spacial score (nSPS) is 17.4. The summed E-state index contributed by atoms with van der Waals surface area (Å²) in [6, 6.07) is 12.6. The highest BCUT2D eigenvalue weighted by molar-refractivity contribution is 5.84. The van der Waals surface area contributed by atoms with E-state index in [9.17, 15) is 14.5 Å². The van der Waals surface area contributed by atoms with Crippen molar-refractivity contribution in [2.45, 2.75) is 19.4 Å². The van der Waals surface area contributed by atoms with Gasteiger partial charge in [-0.2, -0.15) is 4.39 Å². The van der Waals surface area contributed by atoms with Crippen molar-refractivity contribution < 1.29 is 9.31 Å². The van der Waals surface area contributed by atoms with Gasteiger partial charge in [-0.3, -0.25) is 20.0 Å². The first-order chi connectivity index (χ1) is 13.1. The molecule has 2 heterocycles. The quantitative estimate of drug-likeness (QED) is 0.498. The van der Waals surface area contributed by atoms with Crippen LogP contribution in [-0.2, 0) is 13.0 Å². The van der Waals surface area contributed by atoms with Gasteiger partial charge in [0.05, 0.1) is 4.92 Å². The molecule has 5 nitrogen and oxygen atoms in total. The summed E-state index contributed by atoms with van der Waals surface area (Å²) in [5, 5.41) is 13.3. The van der Waals surface area contributed by atoms with E-state index in [0.29, 0.717) is 12.5 Å². The zero-order valence-corrected chi connectivity index (χ0v) is 14.8. The van der Waals surface area contributed by atoms with Crippen LogP contribution in [0.2, 0.25) is 0 Å². The second kappa shape index (κ2) is 7.40. The van der Waals surface area contributed by atoms with E-state index in [-0.39, 0.29) is 0 Å². The highest BCUT2D eigenvalue weighted by Gasteiger charge is 2.24. The number of aromatic nitrogens is 1. The number of halogens is 1. The van der Waals surface area contributed by atoms with Gasteiger partial charge >= 0.3 is 5.69 Å². The summed E-state index contributed by atoms with van der Waals surface area (Å²) in [7, 11) is 0. The number of fused-ring (bicyclic) bond motifs is 1. The van der Waals surface area contributed by atoms with Crippen LogP contribution in [0.3, 0.4) is 0 Å². The molecule has 3 aromatic rings. The van der Waals surface area contributed by atoms with E-state index in [4.69, 9.17) is 0 Å². The maximum atomic E-state index is 13.5. The smallest absolute Gasteiger partial charge is 0.299 e. The van der Waals surface area contributed by atoms with Crippen molar-refractivity contribution in [2.24, 2.45) is 5.92 Å². The molecule has 0 spiro atoms. The summed E-state index contributed by atoms with van der Waals surface area (Å²) >= 11 is 0. The minimum absolute atomic E-state index is 0.451. The van der Waals surface area contributed by atoms with Crippen molar-refractivity contribution >= 4 is 16.5 Å². The Bertz CT molecular complexity index is 987. The van der Waals surface area contributed by atoms with Crippen molar-refractivity contribution in [1.82, 2.24) is 9.88 Å². The Hall–Kier alpha value is -2.86. The molecule has 1 unspecified atom stereocenters. The van der Waals surface area contributed by atoms with Crippen molar-refractivity contribution in [3.8, 4) is 0 Å². The summed E-state index contributed by atoms with van der Waals surface area (Å²) in [4.78, 5) is 16.7. The number of benzene rings is 2. The first-order valence-corrected chi connectivity index (χ1v) is 9.07. The maximum Gasteiger partial charge on any atom is 0.305 e. The monoisotopic (exact) mass is 365 g/mol. The highest BCUT2D eigenvalue weighted by Crippen LogP contribution is 2.27. The summed E-state index contributed by atoms with van der Waals surface area (Å²) in [6.45, 7) is 2.49. The zero-order valence-electron chi connectivity index (χ0n) is 14.8. The molecule has 27 heavy (non-hydrogen) atoms. The number of nitrogens with zero attached hydrogens (tertiary/aromatic N) is 3. The molecule has 1 atom stereocenters. The molecule has 138 valence electrons. The Kier molecular flexibility index (Phi) is 4.81. The molecular formula is C21H20FN3O2. The maximum absolute atomic E-state index is 13.5. The molecule has 1 fully saturated rings. The highest BCUT2D eigenvalue weighted by atomic mass is 19.1. The molecule has 6 heteroatoms. The molecule has 2 aromatic carbocycles. The lowest BCUT2D eigenvalue weighted by molar-refractivity contribution is -0.387. The average Bonchev–Trinajstić information content (AvgIpc) is 3.10. The van der Waals surface area contributed by atoms with Crippen LogP contribution >= 0.6 is 0 Å². The van der Waals surface area contributed by atoms with E-state index in [0.717, 1.165) is 36.9 Å². The Labute approximate surface area is 156 Å². The van der Waals surface area contributed by atoms with Crippen LogP contribution in [0.4, 0.5) is 10.1 Å². The predicted octanol–water partition coefficient (Wildman–Crippen LogP) is 4.35. The topological polar surface area (TPSA) is 59.3 Å². The van der Waals surface area contributed by atoms with E-state index >= 15 is 0 Å². The molecule has 0 amide bonds. The third-order valence-corrected chi connectivity index (χ3v) is 5.26. The Morgan fingerprint density at radius 3 is 3.00 bits per heavy atom. The number of pyridine rings is 1. The van der Waals surface area contributed by atoms with Crippen LogP contribution in [0, 0.1) is 21.8 Å². The lowest BCUT2D eigenvalue weighted by Crippen LogP contribution is -2.20. The first kappa shape index (κ1) is 17.5. The van der Waals surface area contributed by atoms with Crippen molar-refractivity contribution in [3.63, 3.8) is 0 Å². The van der Waals surface area contributed by atoms with Gasteiger partial charge in [0.25, 0.3) is 0 Å². The third kappa shape index (κ3) is 3.80. The second-order valence-corrected chi connectivity index (χ2v) is 7.15. The van der Waals surface area contributed by atoms with E-state index in [1.165, 1.54) is 23.1 Å². The molecule has 4 rings (SSSR count). The fourth-order valence-electron chi connectivity index (χ4n) is 3.96. The van der Waals surface area contributed by atoms with Gasteiger partial charge in [0.15, 0.2) is 0 Å². The van der Waals surface area contributed by atoms with E-state index in [1.54, 1.807) is 6.07 Å². The number of hydrogen-bond acceptors (Lipinski definition) is 4. The molecular weight excluding hydrogens is 345 g/mol. The second-order valence-electron chi connectivity index (χ2n) is 7.15. The van der Waals surface area contributed by atoms with Crippen molar-refractivity contribution in [1.29, 1.82) is 0 Å². The van der Waals surface area contributed by atoms with E-state index in [1.807, 2.05) is 12.4 Å². The molecule has 0 N–H and O–H groups in total. The van der Waals surface area contributed by atoms with Gasteiger partial charge in [0, 0.05) is 36.9 Å². The summed E-state index contributed by atoms with van der Waals surface area (Å²) in [5.74, 6) is -0.243. The Balaban J connectivity index is 1.43. The van der Waals surface area contributed by atoms with Gasteiger partial charge in [0.2, 0.25) is 5.82 Å². The van der Waals surface area contributed by atoms with E-state index < -0.39 is 16.4 Å².